The van der Waals surface area contributed by atoms with Gasteiger partial charge in [-0.25, -0.2) is 0 Å². The molecule has 92 valence electrons. The van der Waals surface area contributed by atoms with Crippen molar-refractivity contribution in [3.63, 3.8) is 0 Å². The molecule has 1 spiro atoms. The summed E-state index contributed by atoms with van der Waals surface area (Å²) < 4.78 is 5.98. The van der Waals surface area contributed by atoms with E-state index in [0.29, 0.717) is 6.04 Å². The van der Waals surface area contributed by atoms with E-state index in [9.17, 15) is 0 Å². The van der Waals surface area contributed by atoms with Gasteiger partial charge in [-0.3, -0.25) is 5.32 Å². The molecule has 1 atom stereocenters. The van der Waals surface area contributed by atoms with E-state index in [1.165, 1.54) is 31.2 Å². The van der Waals surface area contributed by atoms with E-state index in [1.807, 2.05) is 0 Å². The minimum absolute atomic E-state index is 0.0255. The molecule has 17 heavy (non-hydrogen) atoms. The van der Waals surface area contributed by atoms with Crippen LogP contribution in [0.5, 0.6) is 0 Å². The summed E-state index contributed by atoms with van der Waals surface area (Å²) in [6, 6.07) is 11.4. The molecule has 1 aromatic carbocycles. The van der Waals surface area contributed by atoms with Crippen LogP contribution >= 0.6 is 0 Å². The molecule has 1 aliphatic carbocycles. The Bertz CT molecular complexity index is 356. The summed E-state index contributed by atoms with van der Waals surface area (Å²) in [5.41, 5.74) is 1.46. The number of hydrogen-bond acceptors (Lipinski definition) is 2. The second-order valence-corrected chi connectivity index (χ2v) is 5.37. The molecule has 2 fully saturated rings. The van der Waals surface area contributed by atoms with E-state index < -0.39 is 0 Å². The van der Waals surface area contributed by atoms with Gasteiger partial charge in [-0.15, -0.1) is 0 Å². The van der Waals surface area contributed by atoms with Gasteiger partial charge in [-0.05, 0) is 44.1 Å². The first-order chi connectivity index (χ1) is 8.36. The Morgan fingerprint density at radius 2 is 1.94 bits per heavy atom. The predicted octanol–water partition coefficient (Wildman–Crippen LogP) is 2.88. The summed E-state index contributed by atoms with van der Waals surface area (Å²) >= 11 is 0. The van der Waals surface area contributed by atoms with Crippen LogP contribution in [0.3, 0.4) is 0 Å². The van der Waals surface area contributed by atoms with E-state index in [1.54, 1.807) is 0 Å². The van der Waals surface area contributed by atoms with Crippen molar-refractivity contribution in [2.24, 2.45) is 0 Å². The first kappa shape index (κ1) is 11.2. The standard InChI is InChI=1S/C15H21NO/c1-2-6-13(7-3-1)12-14-8-11-17-15(16-14)9-4-5-10-15/h1-3,6-7,14,16H,4-5,8-12H2. The smallest absolute Gasteiger partial charge is 0.119 e. The third-order valence-electron chi connectivity index (χ3n) is 4.05. The molecule has 1 N–H and O–H groups in total. The highest BCUT2D eigenvalue weighted by atomic mass is 16.5. The lowest BCUT2D eigenvalue weighted by Crippen LogP contribution is -2.55. The van der Waals surface area contributed by atoms with Gasteiger partial charge in [0.15, 0.2) is 0 Å². The fourth-order valence-corrected chi connectivity index (χ4v) is 3.17. The van der Waals surface area contributed by atoms with Gasteiger partial charge in [-0.1, -0.05) is 30.3 Å². The molecule has 0 bridgehead atoms. The highest BCUT2D eigenvalue weighted by molar-refractivity contribution is 5.16. The maximum absolute atomic E-state index is 5.98. The number of rotatable bonds is 2. The lowest BCUT2D eigenvalue weighted by molar-refractivity contribution is -0.105. The monoisotopic (exact) mass is 231 g/mol. The van der Waals surface area contributed by atoms with Crippen molar-refractivity contribution in [1.82, 2.24) is 5.32 Å². The van der Waals surface area contributed by atoms with Crippen molar-refractivity contribution in [3.05, 3.63) is 35.9 Å². The molecule has 3 rings (SSSR count). The Morgan fingerprint density at radius 1 is 1.18 bits per heavy atom. The van der Waals surface area contributed by atoms with Crippen LogP contribution < -0.4 is 5.32 Å². The Kier molecular flexibility index (Phi) is 3.17. The molecule has 0 aromatic heterocycles. The zero-order valence-corrected chi connectivity index (χ0v) is 10.3. The Labute approximate surface area is 103 Å². The molecular weight excluding hydrogens is 210 g/mol. The minimum Gasteiger partial charge on any atom is -0.361 e. The lowest BCUT2D eigenvalue weighted by Gasteiger charge is -2.40. The summed E-state index contributed by atoms with van der Waals surface area (Å²) in [4.78, 5) is 0. The van der Waals surface area contributed by atoms with E-state index >= 15 is 0 Å². The highest BCUT2D eigenvalue weighted by Crippen LogP contribution is 2.34. The zero-order chi connectivity index (χ0) is 11.6. The molecule has 2 nitrogen and oxygen atoms in total. The SMILES string of the molecule is c1ccc(CC2CCOC3(CCCC3)N2)cc1. The number of hydrogen-bond donors (Lipinski definition) is 1. The molecule has 1 heterocycles. The van der Waals surface area contributed by atoms with Crippen molar-refractivity contribution in [2.75, 3.05) is 6.61 Å². The maximum Gasteiger partial charge on any atom is 0.119 e. The molecule has 1 saturated carbocycles. The van der Waals surface area contributed by atoms with Crippen LogP contribution in [0.4, 0.5) is 0 Å². The largest absolute Gasteiger partial charge is 0.361 e. The van der Waals surface area contributed by atoms with Crippen molar-refractivity contribution in [3.8, 4) is 0 Å². The molecule has 0 amide bonds. The topological polar surface area (TPSA) is 21.3 Å². The van der Waals surface area contributed by atoms with Gasteiger partial charge in [0.1, 0.15) is 5.72 Å². The lowest BCUT2D eigenvalue weighted by atomic mass is 9.99. The molecule has 1 aliphatic heterocycles. The minimum atomic E-state index is 0.0255. The molecule has 2 heteroatoms. The van der Waals surface area contributed by atoms with Crippen LogP contribution in [0, 0.1) is 0 Å². The number of benzene rings is 1. The van der Waals surface area contributed by atoms with Crippen LogP contribution in [0.2, 0.25) is 0 Å². The van der Waals surface area contributed by atoms with Crippen molar-refractivity contribution >= 4 is 0 Å². The Morgan fingerprint density at radius 3 is 2.71 bits per heavy atom. The molecular formula is C15H21NO. The maximum atomic E-state index is 5.98. The first-order valence-electron chi connectivity index (χ1n) is 6.82. The van der Waals surface area contributed by atoms with Gasteiger partial charge in [-0.2, -0.15) is 0 Å². The van der Waals surface area contributed by atoms with Gasteiger partial charge in [0, 0.05) is 6.04 Å². The van der Waals surface area contributed by atoms with Gasteiger partial charge in [0.25, 0.3) is 0 Å². The van der Waals surface area contributed by atoms with Gasteiger partial charge >= 0.3 is 0 Å². The van der Waals surface area contributed by atoms with Crippen LogP contribution in [0.1, 0.15) is 37.7 Å². The van der Waals surface area contributed by atoms with Crippen molar-refractivity contribution < 1.29 is 4.74 Å². The molecule has 1 unspecified atom stereocenters. The van der Waals surface area contributed by atoms with Gasteiger partial charge < -0.3 is 4.74 Å². The third-order valence-corrected chi connectivity index (χ3v) is 4.05. The number of ether oxygens (including phenoxy) is 1. The van der Waals surface area contributed by atoms with Gasteiger partial charge in [0.05, 0.1) is 6.61 Å². The van der Waals surface area contributed by atoms with Crippen molar-refractivity contribution in [2.45, 2.75) is 50.3 Å². The van der Waals surface area contributed by atoms with Crippen LogP contribution in [0.25, 0.3) is 0 Å². The van der Waals surface area contributed by atoms with E-state index in [0.717, 1.165) is 19.4 Å². The number of nitrogens with one attached hydrogen (secondary N) is 1. The Balaban J connectivity index is 1.64. The van der Waals surface area contributed by atoms with E-state index in [-0.39, 0.29) is 5.72 Å². The third kappa shape index (κ3) is 2.53. The fourth-order valence-electron chi connectivity index (χ4n) is 3.17. The summed E-state index contributed by atoms with van der Waals surface area (Å²) in [6.45, 7) is 0.921. The van der Waals surface area contributed by atoms with E-state index in [4.69, 9.17) is 4.74 Å². The second kappa shape index (κ2) is 4.79. The quantitative estimate of drug-likeness (QED) is 0.845. The second-order valence-electron chi connectivity index (χ2n) is 5.37. The predicted molar refractivity (Wildman–Crippen MR) is 68.8 cm³/mol. The Hall–Kier alpha value is -0.860. The molecule has 1 saturated heterocycles. The summed E-state index contributed by atoms with van der Waals surface area (Å²) in [6.07, 6.45) is 7.27. The van der Waals surface area contributed by atoms with Crippen LogP contribution in [0.15, 0.2) is 30.3 Å². The molecule has 2 aliphatic rings. The average Bonchev–Trinajstić information content (AvgIpc) is 2.79. The summed E-state index contributed by atoms with van der Waals surface area (Å²) in [5.74, 6) is 0. The van der Waals surface area contributed by atoms with Crippen molar-refractivity contribution in [1.29, 1.82) is 0 Å². The highest BCUT2D eigenvalue weighted by Gasteiger charge is 2.39. The van der Waals surface area contributed by atoms with Crippen LogP contribution in [-0.4, -0.2) is 18.4 Å². The fraction of sp³-hybridized carbons (Fsp3) is 0.600. The van der Waals surface area contributed by atoms with Crippen LogP contribution in [-0.2, 0) is 11.2 Å². The van der Waals surface area contributed by atoms with Gasteiger partial charge in [0.2, 0.25) is 0 Å². The normalized spacial score (nSPS) is 27.4. The van der Waals surface area contributed by atoms with E-state index in [2.05, 4.69) is 35.6 Å². The summed E-state index contributed by atoms with van der Waals surface area (Å²) in [5, 5.41) is 3.76. The zero-order valence-electron chi connectivity index (χ0n) is 10.3. The molecule has 1 aromatic rings. The average molecular weight is 231 g/mol. The summed E-state index contributed by atoms with van der Waals surface area (Å²) in [7, 11) is 0. The molecule has 0 radical (unpaired) electrons. The first-order valence-corrected chi connectivity index (χ1v) is 6.82.